The topological polar surface area (TPSA) is 80.0 Å². The minimum absolute atomic E-state index is 0.130. The number of amides is 1. The number of aryl methyl sites for hydroxylation is 1. The van der Waals surface area contributed by atoms with Gasteiger partial charge in [0.15, 0.2) is 0 Å². The Balaban J connectivity index is 1.76. The van der Waals surface area contributed by atoms with Gasteiger partial charge in [0.05, 0.1) is 26.6 Å². The molecule has 1 aliphatic rings. The zero-order chi connectivity index (χ0) is 13.4. The number of hydrogen-bond acceptors (Lipinski definition) is 5. The minimum atomic E-state index is 0.130. The standard InChI is InChI=1S/C13H16N4OS/c1-7-16-11-5-10(9(14)4-12(11)19-7)15-6-8-2-3-13(18)17-8/h4-5,8,15H,2-3,6,14H2,1H3,(H,17,18). The zero-order valence-corrected chi connectivity index (χ0v) is 11.5. The molecule has 1 aromatic carbocycles. The summed E-state index contributed by atoms with van der Waals surface area (Å²) in [6.07, 6.45) is 1.50. The number of thiazole rings is 1. The summed E-state index contributed by atoms with van der Waals surface area (Å²) in [5, 5.41) is 7.27. The van der Waals surface area contributed by atoms with Gasteiger partial charge in [0.25, 0.3) is 0 Å². The van der Waals surface area contributed by atoms with Gasteiger partial charge in [0, 0.05) is 19.0 Å². The Morgan fingerprint density at radius 1 is 1.58 bits per heavy atom. The average molecular weight is 276 g/mol. The van der Waals surface area contributed by atoms with Crippen molar-refractivity contribution in [1.29, 1.82) is 0 Å². The van der Waals surface area contributed by atoms with Crippen molar-refractivity contribution in [2.75, 3.05) is 17.6 Å². The highest BCUT2D eigenvalue weighted by molar-refractivity contribution is 7.18. The van der Waals surface area contributed by atoms with Gasteiger partial charge in [0.1, 0.15) is 0 Å². The molecule has 1 amide bonds. The van der Waals surface area contributed by atoms with E-state index in [2.05, 4.69) is 15.6 Å². The van der Waals surface area contributed by atoms with Gasteiger partial charge in [-0.3, -0.25) is 4.79 Å². The Bertz CT molecular complexity index is 637. The minimum Gasteiger partial charge on any atom is -0.397 e. The molecule has 1 atom stereocenters. The fraction of sp³-hybridized carbons (Fsp3) is 0.385. The van der Waals surface area contributed by atoms with Gasteiger partial charge in [0.2, 0.25) is 5.91 Å². The summed E-state index contributed by atoms with van der Waals surface area (Å²) in [6, 6.07) is 4.13. The molecular weight excluding hydrogens is 260 g/mol. The number of nitrogens with two attached hydrogens (primary N) is 1. The monoisotopic (exact) mass is 276 g/mol. The van der Waals surface area contributed by atoms with E-state index in [1.54, 1.807) is 11.3 Å². The molecule has 0 bridgehead atoms. The number of hydrogen-bond donors (Lipinski definition) is 3. The lowest BCUT2D eigenvalue weighted by Crippen LogP contribution is -2.31. The van der Waals surface area contributed by atoms with E-state index in [9.17, 15) is 4.79 Å². The number of carbonyl (C=O) groups excluding carboxylic acids is 1. The van der Waals surface area contributed by atoms with Crippen molar-refractivity contribution in [3.8, 4) is 0 Å². The van der Waals surface area contributed by atoms with Crippen LogP contribution in [0.1, 0.15) is 17.8 Å². The number of fused-ring (bicyclic) bond motifs is 1. The molecular formula is C13H16N4OS. The van der Waals surface area contributed by atoms with Gasteiger partial charge < -0.3 is 16.4 Å². The van der Waals surface area contributed by atoms with Gasteiger partial charge in [-0.15, -0.1) is 11.3 Å². The highest BCUT2D eigenvalue weighted by atomic mass is 32.1. The van der Waals surface area contributed by atoms with E-state index in [0.717, 1.165) is 33.0 Å². The molecule has 5 nitrogen and oxygen atoms in total. The van der Waals surface area contributed by atoms with E-state index in [1.807, 2.05) is 19.1 Å². The maximum absolute atomic E-state index is 11.1. The van der Waals surface area contributed by atoms with Gasteiger partial charge in [-0.25, -0.2) is 4.98 Å². The molecule has 1 fully saturated rings. The first kappa shape index (κ1) is 12.2. The molecule has 1 aromatic heterocycles. The number of nitrogens with zero attached hydrogens (tertiary/aromatic N) is 1. The van der Waals surface area contributed by atoms with Crippen LogP contribution >= 0.6 is 11.3 Å². The normalized spacial score (nSPS) is 18.8. The molecule has 0 spiro atoms. The second-order valence-corrected chi connectivity index (χ2v) is 6.06. The highest BCUT2D eigenvalue weighted by Gasteiger charge is 2.20. The fourth-order valence-electron chi connectivity index (χ4n) is 2.32. The molecule has 0 radical (unpaired) electrons. The summed E-state index contributed by atoms with van der Waals surface area (Å²) in [5.74, 6) is 0.130. The van der Waals surface area contributed by atoms with Gasteiger partial charge in [-0.05, 0) is 25.5 Å². The Labute approximate surface area is 115 Å². The van der Waals surface area contributed by atoms with E-state index in [-0.39, 0.29) is 11.9 Å². The Morgan fingerprint density at radius 3 is 3.16 bits per heavy atom. The molecule has 0 saturated carbocycles. The first-order chi connectivity index (χ1) is 9.11. The van der Waals surface area contributed by atoms with Crippen molar-refractivity contribution < 1.29 is 4.79 Å². The van der Waals surface area contributed by atoms with Crippen molar-refractivity contribution in [3.63, 3.8) is 0 Å². The lowest BCUT2D eigenvalue weighted by molar-refractivity contribution is -0.119. The molecule has 6 heteroatoms. The van der Waals surface area contributed by atoms with Gasteiger partial charge in [-0.1, -0.05) is 0 Å². The molecule has 19 heavy (non-hydrogen) atoms. The summed E-state index contributed by atoms with van der Waals surface area (Å²) >= 11 is 1.64. The molecule has 2 heterocycles. The largest absolute Gasteiger partial charge is 0.397 e. The van der Waals surface area contributed by atoms with Crippen molar-refractivity contribution in [1.82, 2.24) is 10.3 Å². The zero-order valence-electron chi connectivity index (χ0n) is 10.7. The quantitative estimate of drug-likeness (QED) is 0.748. The maximum Gasteiger partial charge on any atom is 0.220 e. The van der Waals surface area contributed by atoms with Crippen molar-refractivity contribution in [2.45, 2.75) is 25.8 Å². The number of carbonyl (C=O) groups is 1. The predicted octanol–water partition coefficient (Wildman–Crippen LogP) is 1.88. The molecule has 1 unspecified atom stereocenters. The van der Waals surface area contributed by atoms with E-state index < -0.39 is 0 Å². The van der Waals surface area contributed by atoms with Crippen molar-refractivity contribution in [3.05, 3.63) is 17.1 Å². The second kappa shape index (κ2) is 4.70. The molecule has 1 aliphatic heterocycles. The number of benzene rings is 1. The number of nitrogens with one attached hydrogen (secondary N) is 2. The predicted molar refractivity (Wildman–Crippen MR) is 78.4 cm³/mol. The van der Waals surface area contributed by atoms with E-state index in [1.165, 1.54) is 0 Å². The van der Waals surface area contributed by atoms with Crippen LogP contribution in [0.5, 0.6) is 0 Å². The van der Waals surface area contributed by atoms with Crippen molar-refractivity contribution in [2.24, 2.45) is 0 Å². The first-order valence-corrected chi connectivity index (χ1v) is 7.13. The van der Waals surface area contributed by atoms with E-state index in [4.69, 9.17) is 5.73 Å². The lowest BCUT2D eigenvalue weighted by Gasteiger charge is -2.14. The summed E-state index contributed by atoms with van der Waals surface area (Å²) < 4.78 is 1.11. The molecule has 4 N–H and O–H groups in total. The summed E-state index contributed by atoms with van der Waals surface area (Å²) in [6.45, 7) is 2.69. The van der Waals surface area contributed by atoms with Crippen LogP contribution in [0.3, 0.4) is 0 Å². The highest BCUT2D eigenvalue weighted by Crippen LogP contribution is 2.29. The van der Waals surface area contributed by atoms with E-state index >= 15 is 0 Å². The molecule has 2 aromatic rings. The van der Waals surface area contributed by atoms with Crippen LogP contribution in [-0.4, -0.2) is 23.5 Å². The third-order valence-electron chi connectivity index (χ3n) is 3.29. The van der Waals surface area contributed by atoms with Crippen LogP contribution in [0.25, 0.3) is 10.2 Å². The number of nitrogen functional groups attached to an aromatic ring is 1. The van der Waals surface area contributed by atoms with Gasteiger partial charge >= 0.3 is 0 Å². The van der Waals surface area contributed by atoms with Crippen LogP contribution in [0, 0.1) is 6.92 Å². The van der Waals surface area contributed by atoms with Crippen LogP contribution in [0.2, 0.25) is 0 Å². The molecule has 0 aliphatic carbocycles. The summed E-state index contributed by atoms with van der Waals surface area (Å²) in [4.78, 5) is 15.6. The van der Waals surface area contributed by atoms with Crippen LogP contribution < -0.4 is 16.4 Å². The smallest absolute Gasteiger partial charge is 0.220 e. The SMILES string of the molecule is Cc1nc2cc(NCC3CCC(=O)N3)c(N)cc2s1. The Hall–Kier alpha value is -1.82. The van der Waals surface area contributed by atoms with Crippen LogP contribution in [0.15, 0.2) is 12.1 Å². The Kier molecular flexibility index (Phi) is 3.02. The summed E-state index contributed by atoms with van der Waals surface area (Å²) in [5.41, 5.74) is 8.61. The molecule has 1 saturated heterocycles. The van der Waals surface area contributed by atoms with Crippen molar-refractivity contribution >= 4 is 38.8 Å². The first-order valence-electron chi connectivity index (χ1n) is 6.32. The Morgan fingerprint density at radius 2 is 2.42 bits per heavy atom. The van der Waals surface area contributed by atoms with Crippen LogP contribution in [0.4, 0.5) is 11.4 Å². The fourth-order valence-corrected chi connectivity index (χ4v) is 3.18. The maximum atomic E-state index is 11.1. The molecule has 3 rings (SSSR count). The van der Waals surface area contributed by atoms with E-state index in [0.29, 0.717) is 13.0 Å². The number of anilines is 2. The summed E-state index contributed by atoms with van der Waals surface area (Å²) in [7, 11) is 0. The number of rotatable bonds is 3. The van der Waals surface area contributed by atoms with Gasteiger partial charge in [-0.2, -0.15) is 0 Å². The second-order valence-electron chi connectivity index (χ2n) is 4.82. The van der Waals surface area contributed by atoms with Crippen LogP contribution in [-0.2, 0) is 4.79 Å². The third kappa shape index (κ3) is 2.49. The third-order valence-corrected chi connectivity index (χ3v) is 4.22. The average Bonchev–Trinajstić information content (AvgIpc) is 2.91. The lowest BCUT2D eigenvalue weighted by atomic mass is 10.2. The molecule has 100 valence electrons. The number of aromatic nitrogens is 1.